The number of aryl methyl sites for hydroxylation is 1. The number of pyridine rings is 2. The molecule has 3 aromatic rings. The first-order valence-corrected chi connectivity index (χ1v) is 9.54. The highest BCUT2D eigenvalue weighted by atomic mass is 19.1. The van der Waals surface area contributed by atoms with Crippen molar-refractivity contribution in [3.63, 3.8) is 0 Å². The van der Waals surface area contributed by atoms with Gasteiger partial charge in [0.1, 0.15) is 5.82 Å². The van der Waals surface area contributed by atoms with Crippen LogP contribution in [-0.4, -0.2) is 39.3 Å². The molecule has 1 aliphatic rings. The van der Waals surface area contributed by atoms with Crippen LogP contribution in [0, 0.1) is 12.7 Å². The van der Waals surface area contributed by atoms with Crippen LogP contribution >= 0.6 is 0 Å². The van der Waals surface area contributed by atoms with Crippen molar-refractivity contribution in [3.05, 3.63) is 71.4 Å². The number of hydrogen-bond donors (Lipinski definition) is 1. The second-order valence-electron chi connectivity index (χ2n) is 7.32. The number of amides is 2. The molecule has 6 nitrogen and oxygen atoms in total. The molecule has 1 aromatic carbocycles. The Bertz CT molecular complexity index is 1070. The third kappa shape index (κ3) is 4.23. The van der Waals surface area contributed by atoms with E-state index in [1.54, 1.807) is 29.4 Å². The fourth-order valence-electron chi connectivity index (χ4n) is 3.69. The molecular weight excluding hydrogens is 371 g/mol. The summed E-state index contributed by atoms with van der Waals surface area (Å²) >= 11 is 0. The maximum absolute atomic E-state index is 13.9. The molecule has 1 fully saturated rings. The van der Waals surface area contributed by atoms with E-state index in [0.29, 0.717) is 48.1 Å². The number of benzene rings is 1. The van der Waals surface area contributed by atoms with E-state index in [1.165, 1.54) is 12.1 Å². The summed E-state index contributed by atoms with van der Waals surface area (Å²) in [5.41, 5.74) is 2.54. The predicted octanol–water partition coefficient (Wildman–Crippen LogP) is 3.00. The van der Waals surface area contributed by atoms with Crippen LogP contribution in [0.4, 0.5) is 4.39 Å². The minimum atomic E-state index is -0.418. The van der Waals surface area contributed by atoms with Crippen LogP contribution in [0.25, 0.3) is 10.9 Å². The van der Waals surface area contributed by atoms with E-state index in [4.69, 9.17) is 0 Å². The number of carbonyl (C=O) groups excluding carboxylic acids is 2. The molecule has 2 aromatic heterocycles. The first-order valence-electron chi connectivity index (χ1n) is 9.54. The van der Waals surface area contributed by atoms with E-state index in [-0.39, 0.29) is 17.9 Å². The average Bonchev–Trinajstić information content (AvgIpc) is 3.12. The topological polar surface area (TPSA) is 75.2 Å². The standard InChI is InChI=1S/C22H21FN4O2/c1-14-9-19(18-10-16(23)4-6-20(18)25-14)22(29)27(12-15-3-2-8-24-11-15)13-17-5-7-21(28)26-17/h2-4,6,8-11,17H,5,7,12-13H2,1H3,(H,26,28)/t17-/m0/s1. The number of hydrogen-bond acceptors (Lipinski definition) is 4. The lowest BCUT2D eigenvalue weighted by molar-refractivity contribution is -0.119. The molecule has 148 valence electrons. The van der Waals surface area contributed by atoms with Gasteiger partial charge in [-0.1, -0.05) is 6.07 Å². The maximum Gasteiger partial charge on any atom is 0.254 e. The zero-order valence-corrected chi connectivity index (χ0v) is 16.1. The fraction of sp³-hybridized carbons (Fsp3) is 0.273. The van der Waals surface area contributed by atoms with Crippen molar-refractivity contribution >= 4 is 22.7 Å². The van der Waals surface area contributed by atoms with Crippen molar-refractivity contribution in [3.8, 4) is 0 Å². The van der Waals surface area contributed by atoms with Gasteiger partial charge in [-0.3, -0.25) is 19.6 Å². The SMILES string of the molecule is Cc1cc(C(=O)N(Cc2cccnc2)C[C@@H]2CCC(=O)N2)c2cc(F)ccc2n1. The van der Waals surface area contributed by atoms with Gasteiger partial charge in [-0.15, -0.1) is 0 Å². The van der Waals surface area contributed by atoms with Gasteiger partial charge in [0.2, 0.25) is 5.91 Å². The number of halogens is 1. The lowest BCUT2D eigenvalue weighted by Crippen LogP contribution is -2.41. The Kier molecular flexibility index (Phi) is 5.20. The van der Waals surface area contributed by atoms with Crippen molar-refractivity contribution < 1.29 is 14.0 Å². The van der Waals surface area contributed by atoms with Crippen LogP contribution in [0.15, 0.2) is 48.8 Å². The molecule has 0 unspecified atom stereocenters. The third-order valence-electron chi connectivity index (χ3n) is 5.04. The summed E-state index contributed by atoms with van der Waals surface area (Å²) in [6, 6.07) is 9.56. The van der Waals surface area contributed by atoms with Gasteiger partial charge in [0.05, 0.1) is 11.1 Å². The van der Waals surface area contributed by atoms with E-state index in [9.17, 15) is 14.0 Å². The van der Waals surface area contributed by atoms with Gasteiger partial charge in [-0.05, 0) is 49.2 Å². The molecule has 1 N–H and O–H groups in total. The molecule has 4 rings (SSSR count). The van der Waals surface area contributed by atoms with Crippen molar-refractivity contribution in [2.45, 2.75) is 32.4 Å². The van der Waals surface area contributed by atoms with Crippen LogP contribution in [0.5, 0.6) is 0 Å². The molecule has 0 radical (unpaired) electrons. The molecule has 2 amide bonds. The monoisotopic (exact) mass is 392 g/mol. The summed E-state index contributed by atoms with van der Waals surface area (Å²) in [7, 11) is 0. The molecule has 0 bridgehead atoms. The number of nitrogens with zero attached hydrogens (tertiary/aromatic N) is 3. The van der Waals surface area contributed by atoms with Crippen LogP contribution in [0.1, 0.15) is 34.5 Å². The minimum Gasteiger partial charge on any atom is -0.352 e. The summed E-state index contributed by atoms with van der Waals surface area (Å²) < 4.78 is 13.9. The molecule has 1 aliphatic heterocycles. The molecule has 0 saturated carbocycles. The maximum atomic E-state index is 13.9. The van der Waals surface area contributed by atoms with Gasteiger partial charge in [0.15, 0.2) is 0 Å². The zero-order valence-electron chi connectivity index (χ0n) is 16.1. The number of carbonyl (C=O) groups is 2. The number of nitrogens with one attached hydrogen (secondary N) is 1. The lowest BCUT2D eigenvalue weighted by atomic mass is 10.0. The van der Waals surface area contributed by atoms with E-state index in [2.05, 4.69) is 15.3 Å². The molecular formula is C22H21FN4O2. The van der Waals surface area contributed by atoms with E-state index < -0.39 is 5.82 Å². The fourth-order valence-corrected chi connectivity index (χ4v) is 3.69. The first-order chi connectivity index (χ1) is 14.0. The minimum absolute atomic E-state index is 0.00365. The van der Waals surface area contributed by atoms with Crippen molar-refractivity contribution in [2.75, 3.05) is 6.54 Å². The second kappa shape index (κ2) is 7.95. The van der Waals surface area contributed by atoms with Gasteiger partial charge in [0, 0.05) is 49.0 Å². The summed E-state index contributed by atoms with van der Waals surface area (Å²) in [5.74, 6) is -0.647. The molecule has 0 aliphatic carbocycles. The first kappa shape index (κ1) is 19.0. The highest BCUT2D eigenvalue weighted by molar-refractivity contribution is 6.06. The van der Waals surface area contributed by atoms with Crippen LogP contribution in [0.3, 0.4) is 0 Å². The Hall–Kier alpha value is -3.35. The molecule has 0 spiro atoms. The summed E-state index contributed by atoms with van der Waals surface area (Å²) in [6.07, 6.45) is 4.53. The normalized spacial score (nSPS) is 16.1. The molecule has 29 heavy (non-hydrogen) atoms. The van der Waals surface area contributed by atoms with Gasteiger partial charge in [0.25, 0.3) is 5.91 Å². The number of fused-ring (bicyclic) bond motifs is 1. The smallest absolute Gasteiger partial charge is 0.254 e. The quantitative estimate of drug-likeness (QED) is 0.724. The van der Waals surface area contributed by atoms with Crippen molar-refractivity contribution in [1.82, 2.24) is 20.2 Å². The lowest BCUT2D eigenvalue weighted by Gasteiger charge is -2.26. The Labute approximate surface area is 167 Å². The van der Waals surface area contributed by atoms with Gasteiger partial charge in [-0.25, -0.2) is 4.39 Å². The van der Waals surface area contributed by atoms with E-state index in [1.807, 2.05) is 19.1 Å². The summed E-state index contributed by atoms with van der Waals surface area (Å²) in [5, 5.41) is 3.39. The average molecular weight is 392 g/mol. The van der Waals surface area contributed by atoms with Gasteiger partial charge in [-0.2, -0.15) is 0 Å². The van der Waals surface area contributed by atoms with E-state index in [0.717, 1.165) is 5.56 Å². The Morgan fingerprint density at radius 2 is 2.17 bits per heavy atom. The van der Waals surface area contributed by atoms with Crippen molar-refractivity contribution in [2.24, 2.45) is 0 Å². The Morgan fingerprint density at radius 1 is 1.31 bits per heavy atom. The Morgan fingerprint density at radius 3 is 2.90 bits per heavy atom. The highest BCUT2D eigenvalue weighted by Gasteiger charge is 2.27. The molecule has 1 atom stereocenters. The van der Waals surface area contributed by atoms with Crippen LogP contribution < -0.4 is 5.32 Å². The Balaban J connectivity index is 1.71. The van der Waals surface area contributed by atoms with Gasteiger partial charge < -0.3 is 10.2 Å². The predicted molar refractivity (Wildman–Crippen MR) is 107 cm³/mol. The summed E-state index contributed by atoms with van der Waals surface area (Å²) in [6.45, 7) is 2.52. The second-order valence-corrected chi connectivity index (χ2v) is 7.32. The molecule has 7 heteroatoms. The number of rotatable bonds is 5. The van der Waals surface area contributed by atoms with Gasteiger partial charge >= 0.3 is 0 Å². The molecule has 1 saturated heterocycles. The van der Waals surface area contributed by atoms with Crippen molar-refractivity contribution in [1.29, 1.82) is 0 Å². The zero-order chi connectivity index (χ0) is 20.4. The highest BCUT2D eigenvalue weighted by Crippen LogP contribution is 2.23. The summed E-state index contributed by atoms with van der Waals surface area (Å²) in [4.78, 5) is 35.4. The van der Waals surface area contributed by atoms with Crippen LogP contribution in [-0.2, 0) is 11.3 Å². The number of aromatic nitrogens is 2. The van der Waals surface area contributed by atoms with Crippen LogP contribution in [0.2, 0.25) is 0 Å². The molecule has 3 heterocycles. The largest absolute Gasteiger partial charge is 0.352 e. The third-order valence-corrected chi connectivity index (χ3v) is 5.04. The van der Waals surface area contributed by atoms with E-state index >= 15 is 0 Å².